The maximum absolute atomic E-state index is 12.7. The number of nitrogens with one attached hydrogen (secondary N) is 1. The van der Waals surface area contributed by atoms with Crippen molar-refractivity contribution in [1.82, 2.24) is 29.2 Å². The average molecular weight is 382 g/mol. The molecular formula is C19H22N6O3. The predicted molar refractivity (Wildman–Crippen MR) is 103 cm³/mol. The molecule has 0 unspecified atom stereocenters. The van der Waals surface area contributed by atoms with Gasteiger partial charge in [-0.15, -0.1) is 0 Å². The molecule has 2 aromatic heterocycles. The lowest BCUT2D eigenvalue weighted by molar-refractivity contribution is -0.133. The number of benzene rings is 1. The normalized spacial score (nSPS) is 15.2. The molecule has 1 amide bonds. The van der Waals surface area contributed by atoms with Gasteiger partial charge in [-0.1, -0.05) is 12.1 Å². The number of H-pyrrole nitrogens is 1. The van der Waals surface area contributed by atoms with Crippen LogP contribution in [0.5, 0.6) is 0 Å². The van der Waals surface area contributed by atoms with Crippen LogP contribution in [0.25, 0.3) is 10.9 Å². The van der Waals surface area contributed by atoms with Crippen molar-refractivity contribution in [1.29, 1.82) is 0 Å². The molecule has 0 spiro atoms. The molecule has 1 aromatic carbocycles. The summed E-state index contributed by atoms with van der Waals surface area (Å²) in [7, 11) is 0. The summed E-state index contributed by atoms with van der Waals surface area (Å²) in [5.74, 6) is 0.801. The Morgan fingerprint density at radius 1 is 1.21 bits per heavy atom. The second kappa shape index (κ2) is 7.41. The van der Waals surface area contributed by atoms with Crippen LogP contribution in [0, 0.1) is 0 Å². The zero-order valence-electron chi connectivity index (χ0n) is 15.7. The van der Waals surface area contributed by atoms with Gasteiger partial charge >= 0.3 is 5.69 Å². The minimum absolute atomic E-state index is 0.0244. The van der Waals surface area contributed by atoms with Crippen LogP contribution >= 0.6 is 0 Å². The minimum atomic E-state index is -0.211. The standard InChI is InChI=1S/C19H22N6O3/c1-2-25-17(21-22-19(25)28)13-7-9-23(10-8-13)16(26)11-24-12-20-15-6-4-3-5-14(15)18(24)27/h3-6,12-13H,2,7-11H2,1H3,(H,22,28). The maximum atomic E-state index is 12.7. The quantitative estimate of drug-likeness (QED) is 0.715. The first kappa shape index (κ1) is 18.1. The number of hydrogen-bond acceptors (Lipinski definition) is 5. The zero-order chi connectivity index (χ0) is 19.7. The Morgan fingerprint density at radius 2 is 1.96 bits per heavy atom. The summed E-state index contributed by atoms with van der Waals surface area (Å²) < 4.78 is 3.00. The number of para-hydroxylation sites is 1. The van der Waals surface area contributed by atoms with Gasteiger partial charge in [0.2, 0.25) is 5.91 Å². The Kier molecular flexibility index (Phi) is 4.81. The molecule has 3 heterocycles. The fourth-order valence-corrected chi connectivity index (χ4v) is 3.80. The number of likely N-dealkylation sites (tertiary alicyclic amines) is 1. The lowest BCUT2D eigenvalue weighted by atomic mass is 9.96. The molecule has 1 aliphatic rings. The van der Waals surface area contributed by atoms with Crippen molar-refractivity contribution in [3.63, 3.8) is 0 Å². The van der Waals surface area contributed by atoms with Gasteiger partial charge in [-0.25, -0.2) is 14.9 Å². The number of aromatic nitrogens is 5. The summed E-state index contributed by atoms with van der Waals surface area (Å²) in [6.07, 6.45) is 2.90. The molecule has 0 bridgehead atoms. The molecule has 146 valence electrons. The summed E-state index contributed by atoms with van der Waals surface area (Å²) in [6, 6.07) is 7.10. The van der Waals surface area contributed by atoms with Crippen LogP contribution in [-0.2, 0) is 17.9 Å². The Bertz CT molecular complexity index is 1120. The van der Waals surface area contributed by atoms with E-state index in [2.05, 4.69) is 15.2 Å². The van der Waals surface area contributed by atoms with Gasteiger partial charge in [-0.05, 0) is 31.9 Å². The summed E-state index contributed by atoms with van der Waals surface area (Å²) >= 11 is 0. The van der Waals surface area contributed by atoms with Crippen LogP contribution in [0.2, 0.25) is 0 Å². The van der Waals surface area contributed by atoms with E-state index in [0.29, 0.717) is 30.5 Å². The smallest absolute Gasteiger partial charge is 0.341 e. The highest BCUT2D eigenvalue weighted by molar-refractivity contribution is 5.79. The molecule has 28 heavy (non-hydrogen) atoms. The number of hydrogen-bond donors (Lipinski definition) is 1. The third-order valence-corrected chi connectivity index (χ3v) is 5.35. The number of amides is 1. The molecule has 0 radical (unpaired) electrons. The number of carbonyl (C=O) groups is 1. The third-order valence-electron chi connectivity index (χ3n) is 5.35. The minimum Gasteiger partial charge on any atom is -0.341 e. The third kappa shape index (κ3) is 3.23. The molecule has 0 saturated carbocycles. The van der Waals surface area contributed by atoms with Crippen LogP contribution in [0.4, 0.5) is 0 Å². The second-order valence-corrected chi connectivity index (χ2v) is 6.98. The Labute approximate surface area is 160 Å². The van der Waals surface area contributed by atoms with Gasteiger partial charge in [0.05, 0.1) is 17.2 Å². The number of rotatable bonds is 4. The van der Waals surface area contributed by atoms with Crippen molar-refractivity contribution in [2.24, 2.45) is 0 Å². The average Bonchev–Trinajstić information content (AvgIpc) is 3.10. The molecule has 9 nitrogen and oxygen atoms in total. The first-order valence-electron chi connectivity index (χ1n) is 9.45. The van der Waals surface area contributed by atoms with E-state index in [-0.39, 0.29) is 29.6 Å². The second-order valence-electron chi connectivity index (χ2n) is 6.98. The topological polar surface area (TPSA) is 106 Å². The monoisotopic (exact) mass is 382 g/mol. The Morgan fingerprint density at radius 3 is 2.71 bits per heavy atom. The highest BCUT2D eigenvalue weighted by atomic mass is 16.2. The highest BCUT2D eigenvalue weighted by Crippen LogP contribution is 2.26. The molecule has 1 fully saturated rings. The van der Waals surface area contributed by atoms with Gasteiger partial charge in [0.25, 0.3) is 5.56 Å². The summed E-state index contributed by atoms with van der Waals surface area (Å²) in [5, 5.41) is 7.17. The molecule has 4 rings (SSSR count). The first-order chi connectivity index (χ1) is 13.6. The van der Waals surface area contributed by atoms with E-state index in [1.807, 2.05) is 13.0 Å². The first-order valence-corrected chi connectivity index (χ1v) is 9.45. The summed E-state index contributed by atoms with van der Waals surface area (Å²) in [6.45, 7) is 3.60. The van der Waals surface area contributed by atoms with Crippen molar-refractivity contribution >= 4 is 16.8 Å². The molecule has 1 N–H and O–H groups in total. The van der Waals surface area contributed by atoms with Crippen LogP contribution < -0.4 is 11.2 Å². The Balaban J connectivity index is 1.44. The molecule has 9 heteroatoms. The van der Waals surface area contributed by atoms with Crippen LogP contribution in [0.15, 0.2) is 40.2 Å². The van der Waals surface area contributed by atoms with Crippen molar-refractivity contribution in [3.05, 3.63) is 57.3 Å². The predicted octanol–water partition coefficient (Wildman–Crippen LogP) is 0.707. The lowest BCUT2D eigenvalue weighted by Crippen LogP contribution is -2.41. The van der Waals surface area contributed by atoms with Gasteiger partial charge in [-0.2, -0.15) is 5.10 Å². The molecular weight excluding hydrogens is 360 g/mol. The van der Waals surface area contributed by atoms with Gasteiger partial charge in [-0.3, -0.25) is 18.7 Å². The van der Waals surface area contributed by atoms with Crippen molar-refractivity contribution < 1.29 is 4.79 Å². The van der Waals surface area contributed by atoms with E-state index in [0.717, 1.165) is 18.7 Å². The lowest BCUT2D eigenvalue weighted by Gasteiger charge is -2.31. The molecule has 1 aliphatic heterocycles. The molecule has 1 saturated heterocycles. The van der Waals surface area contributed by atoms with Gasteiger partial charge in [0, 0.05) is 25.6 Å². The SMILES string of the molecule is CCn1c(C2CCN(C(=O)Cn3cnc4ccccc4c3=O)CC2)n[nH]c1=O. The van der Waals surface area contributed by atoms with Crippen LogP contribution in [-0.4, -0.2) is 48.2 Å². The number of nitrogens with zero attached hydrogens (tertiary/aromatic N) is 5. The molecule has 0 aliphatic carbocycles. The number of fused-ring (bicyclic) bond motifs is 1. The van der Waals surface area contributed by atoms with Gasteiger partial charge in [0.1, 0.15) is 12.4 Å². The van der Waals surface area contributed by atoms with E-state index in [4.69, 9.17) is 0 Å². The fourth-order valence-electron chi connectivity index (χ4n) is 3.80. The van der Waals surface area contributed by atoms with E-state index in [9.17, 15) is 14.4 Å². The zero-order valence-corrected chi connectivity index (χ0v) is 15.7. The van der Waals surface area contributed by atoms with E-state index < -0.39 is 0 Å². The van der Waals surface area contributed by atoms with Crippen molar-refractivity contribution in [3.8, 4) is 0 Å². The number of piperidine rings is 1. The van der Waals surface area contributed by atoms with Crippen LogP contribution in [0.1, 0.15) is 31.5 Å². The Hall–Kier alpha value is -3.23. The molecule has 3 aromatic rings. The largest absolute Gasteiger partial charge is 0.343 e. The summed E-state index contributed by atoms with van der Waals surface area (Å²) in [5.41, 5.74) is 0.217. The summed E-state index contributed by atoms with van der Waals surface area (Å²) in [4.78, 5) is 43.0. The molecule has 0 atom stereocenters. The number of carbonyl (C=O) groups excluding carboxylic acids is 1. The van der Waals surface area contributed by atoms with Gasteiger partial charge in [0.15, 0.2) is 0 Å². The fraction of sp³-hybridized carbons (Fsp3) is 0.421. The van der Waals surface area contributed by atoms with E-state index in [1.54, 1.807) is 27.7 Å². The number of aromatic amines is 1. The van der Waals surface area contributed by atoms with Crippen molar-refractivity contribution in [2.75, 3.05) is 13.1 Å². The van der Waals surface area contributed by atoms with Gasteiger partial charge < -0.3 is 4.90 Å². The van der Waals surface area contributed by atoms with E-state index >= 15 is 0 Å². The van der Waals surface area contributed by atoms with Crippen molar-refractivity contribution in [2.45, 2.75) is 38.8 Å². The van der Waals surface area contributed by atoms with E-state index in [1.165, 1.54) is 10.9 Å². The van der Waals surface area contributed by atoms with Crippen LogP contribution in [0.3, 0.4) is 0 Å². The highest BCUT2D eigenvalue weighted by Gasteiger charge is 2.27. The maximum Gasteiger partial charge on any atom is 0.343 e.